The zero-order chi connectivity index (χ0) is 13.7. The van der Waals surface area contributed by atoms with Crippen LogP contribution >= 0.6 is 27.5 Å². The van der Waals surface area contributed by atoms with Crippen molar-refractivity contribution in [3.05, 3.63) is 44.9 Å². The molecule has 3 N–H and O–H groups in total. The highest BCUT2D eigenvalue weighted by Gasteiger charge is 2.18. The van der Waals surface area contributed by atoms with E-state index in [1.807, 2.05) is 18.2 Å². The van der Waals surface area contributed by atoms with Crippen molar-refractivity contribution < 1.29 is 0 Å². The summed E-state index contributed by atoms with van der Waals surface area (Å²) in [5.74, 6) is 5.79. The van der Waals surface area contributed by atoms with Crippen molar-refractivity contribution in [1.29, 1.82) is 0 Å². The summed E-state index contributed by atoms with van der Waals surface area (Å²) >= 11 is 9.58. The fraction of sp³-hybridized carbons (Fsp3) is 0.467. The topological polar surface area (TPSA) is 38.0 Å². The summed E-state index contributed by atoms with van der Waals surface area (Å²) in [5, 5.41) is 0.734. The fourth-order valence-electron chi connectivity index (χ4n) is 2.61. The molecular weight excluding hydrogens is 324 g/mol. The highest BCUT2D eigenvalue weighted by atomic mass is 79.9. The molecule has 1 aliphatic carbocycles. The lowest BCUT2D eigenvalue weighted by Gasteiger charge is -2.23. The van der Waals surface area contributed by atoms with Gasteiger partial charge in [0.25, 0.3) is 0 Å². The molecule has 0 saturated carbocycles. The number of allylic oxidation sites excluding steroid dienone is 1. The molecule has 1 aliphatic rings. The van der Waals surface area contributed by atoms with Crippen LogP contribution in [0.2, 0.25) is 5.02 Å². The first-order valence-corrected chi connectivity index (χ1v) is 7.99. The Balaban J connectivity index is 2.27. The maximum Gasteiger partial charge on any atom is 0.0681 e. The van der Waals surface area contributed by atoms with E-state index in [-0.39, 0.29) is 6.04 Å². The number of nitrogens with one attached hydrogen (secondary N) is 1. The molecule has 1 aromatic rings. The lowest BCUT2D eigenvalue weighted by atomic mass is 9.91. The standard InChI is InChI=1S/C15H20BrClN2/c16-14-10-12(17)8-9-13(14)15(19-18)11-6-4-2-1-3-5-7-11/h6,8-10,15,19H,1-5,7,18H2/b11-6+. The number of nitrogens with two attached hydrogens (primary N) is 1. The number of rotatable bonds is 3. The van der Waals surface area contributed by atoms with Gasteiger partial charge in [-0.05, 0) is 43.4 Å². The molecule has 2 rings (SSSR count). The van der Waals surface area contributed by atoms with E-state index in [4.69, 9.17) is 17.4 Å². The number of halogens is 2. The molecule has 0 bridgehead atoms. The summed E-state index contributed by atoms with van der Waals surface area (Å²) in [5.41, 5.74) is 5.50. The molecule has 0 amide bonds. The molecule has 104 valence electrons. The minimum Gasteiger partial charge on any atom is -0.271 e. The van der Waals surface area contributed by atoms with Gasteiger partial charge in [-0.25, -0.2) is 5.43 Å². The van der Waals surface area contributed by atoms with Crippen LogP contribution in [0.3, 0.4) is 0 Å². The molecule has 0 spiro atoms. The molecule has 0 saturated heterocycles. The minimum absolute atomic E-state index is 0.0738. The van der Waals surface area contributed by atoms with Crippen LogP contribution in [0.4, 0.5) is 0 Å². The Bertz CT molecular complexity index is 459. The van der Waals surface area contributed by atoms with Crippen LogP contribution in [-0.2, 0) is 0 Å². The normalized spacial score (nSPS) is 21.1. The van der Waals surface area contributed by atoms with Crippen LogP contribution < -0.4 is 11.3 Å². The summed E-state index contributed by atoms with van der Waals surface area (Å²) in [6.07, 6.45) is 9.80. The minimum atomic E-state index is 0.0738. The Morgan fingerprint density at radius 3 is 2.74 bits per heavy atom. The number of hydrazine groups is 1. The molecule has 0 fully saturated rings. The first-order valence-electron chi connectivity index (χ1n) is 6.82. The third kappa shape index (κ3) is 4.06. The zero-order valence-corrected chi connectivity index (χ0v) is 13.3. The van der Waals surface area contributed by atoms with Gasteiger partial charge >= 0.3 is 0 Å². The Kier molecular flexibility index (Phi) is 5.89. The van der Waals surface area contributed by atoms with Gasteiger partial charge in [0.1, 0.15) is 0 Å². The smallest absolute Gasteiger partial charge is 0.0681 e. The second kappa shape index (κ2) is 7.44. The van der Waals surface area contributed by atoms with E-state index in [0.29, 0.717) is 0 Å². The predicted molar refractivity (Wildman–Crippen MR) is 85.0 cm³/mol. The first-order chi connectivity index (χ1) is 9.22. The maximum absolute atomic E-state index is 6.00. The lowest BCUT2D eigenvalue weighted by Crippen LogP contribution is -2.30. The third-order valence-electron chi connectivity index (χ3n) is 3.64. The third-order valence-corrected chi connectivity index (χ3v) is 4.56. The van der Waals surface area contributed by atoms with Crippen molar-refractivity contribution in [2.75, 3.05) is 0 Å². The lowest BCUT2D eigenvalue weighted by molar-refractivity contribution is 0.554. The molecule has 1 unspecified atom stereocenters. The van der Waals surface area contributed by atoms with Crippen molar-refractivity contribution in [2.45, 2.75) is 44.6 Å². The van der Waals surface area contributed by atoms with Crippen LogP contribution in [0, 0.1) is 0 Å². The first kappa shape index (κ1) is 15.0. The molecule has 0 aliphatic heterocycles. The van der Waals surface area contributed by atoms with Crippen molar-refractivity contribution in [2.24, 2.45) is 5.84 Å². The summed E-state index contributed by atoms with van der Waals surface area (Å²) in [7, 11) is 0. The highest BCUT2D eigenvalue weighted by Crippen LogP contribution is 2.33. The molecule has 4 heteroatoms. The van der Waals surface area contributed by atoms with Crippen LogP contribution in [0.25, 0.3) is 0 Å². The van der Waals surface area contributed by atoms with Gasteiger partial charge in [-0.2, -0.15) is 0 Å². The van der Waals surface area contributed by atoms with Gasteiger partial charge in [-0.3, -0.25) is 5.84 Å². The van der Waals surface area contributed by atoms with Crippen molar-refractivity contribution in [1.82, 2.24) is 5.43 Å². The Labute approximate surface area is 128 Å². The van der Waals surface area contributed by atoms with Crippen molar-refractivity contribution in [3.8, 4) is 0 Å². The molecule has 0 aromatic heterocycles. The molecular formula is C15H20BrClN2. The van der Waals surface area contributed by atoms with Crippen molar-refractivity contribution >= 4 is 27.5 Å². The second-order valence-corrected chi connectivity index (χ2v) is 6.29. The van der Waals surface area contributed by atoms with Gasteiger partial charge < -0.3 is 0 Å². The number of hydrogen-bond donors (Lipinski definition) is 2. The molecule has 2 nitrogen and oxygen atoms in total. The maximum atomic E-state index is 6.00. The van der Waals surface area contributed by atoms with Gasteiger partial charge in [0.15, 0.2) is 0 Å². The Hall–Kier alpha value is -0.350. The Morgan fingerprint density at radius 2 is 2.00 bits per heavy atom. The Morgan fingerprint density at radius 1 is 1.21 bits per heavy atom. The monoisotopic (exact) mass is 342 g/mol. The second-order valence-electron chi connectivity index (χ2n) is 5.00. The highest BCUT2D eigenvalue weighted by molar-refractivity contribution is 9.10. The van der Waals surface area contributed by atoms with Gasteiger partial charge in [0.2, 0.25) is 0 Å². The van der Waals surface area contributed by atoms with Crippen molar-refractivity contribution in [3.63, 3.8) is 0 Å². The molecule has 0 radical (unpaired) electrons. The molecule has 1 atom stereocenters. The number of benzene rings is 1. The van der Waals surface area contributed by atoms with E-state index in [2.05, 4.69) is 27.4 Å². The summed E-state index contributed by atoms with van der Waals surface area (Å²) in [6, 6.07) is 5.95. The average molecular weight is 344 g/mol. The quantitative estimate of drug-likeness (QED) is 0.466. The predicted octanol–water partition coefficient (Wildman–Crippen LogP) is 4.89. The van der Waals surface area contributed by atoms with Crippen LogP contribution in [0.15, 0.2) is 34.3 Å². The summed E-state index contributed by atoms with van der Waals surface area (Å²) < 4.78 is 1.01. The molecule has 1 aromatic carbocycles. The van der Waals surface area contributed by atoms with E-state index in [1.54, 1.807) is 0 Å². The van der Waals surface area contributed by atoms with Crippen LogP contribution in [0.1, 0.15) is 50.1 Å². The van der Waals surface area contributed by atoms with Gasteiger partial charge in [0, 0.05) is 9.50 Å². The van der Waals surface area contributed by atoms with E-state index in [1.165, 1.54) is 31.3 Å². The van der Waals surface area contributed by atoms with E-state index in [0.717, 1.165) is 27.9 Å². The van der Waals surface area contributed by atoms with Gasteiger partial charge in [-0.1, -0.05) is 58.1 Å². The zero-order valence-electron chi connectivity index (χ0n) is 11.0. The number of hydrogen-bond acceptors (Lipinski definition) is 2. The summed E-state index contributed by atoms with van der Waals surface area (Å²) in [4.78, 5) is 0. The molecule has 0 heterocycles. The largest absolute Gasteiger partial charge is 0.271 e. The van der Waals surface area contributed by atoms with E-state index >= 15 is 0 Å². The van der Waals surface area contributed by atoms with Gasteiger partial charge in [0.05, 0.1) is 6.04 Å². The summed E-state index contributed by atoms with van der Waals surface area (Å²) in [6.45, 7) is 0. The molecule has 19 heavy (non-hydrogen) atoms. The van der Waals surface area contributed by atoms with Crippen LogP contribution in [0.5, 0.6) is 0 Å². The van der Waals surface area contributed by atoms with Crippen LogP contribution in [-0.4, -0.2) is 0 Å². The average Bonchev–Trinajstić information content (AvgIpc) is 2.34. The van der Waals surface area contributed by atoms with Gasteiger partial charge in [-0.15, -0.1) is 0 Å². The van der Waals surface area contributed by atoms with E-state index in [9.17, 15) is 0 Å². The SMILES string of the molecule is NNC(/C1=C/CCCCCC1)c1ccc(Cl)cc1Br. The van der Waals surface area contributed by atoms with E-state index < -0.39 is 0 Å². The fourth-order valence-corrected chi connectivity index (χ4v) is 3.52.